The van der Waals surface area contributed by atoms with E-state index in [1.807, 2.05) is 29.2 Å². The van der Waals surface area contributed by atoms with Crippen molar-refractivity contribution in [1.29, 1.82) is 0 Å². The van der Waals surface area contributed by atoms with Gasteiger partial charge in [-0.2, -0.15) is 0 Å². The number of sulfonamides is 1. The molecule has 2 aromatic rings. The van der Waals surface area contributed by atoms with E-state index in [0.29, 0.717) is 13.0 Å². The molecule has 1 fully saturated rings. The third-order valence-corrected chi connectivity index (χ3v) is 5.50. The van der Waals surface area contributed by atoms with E-state index in [9.17, 15) is 13.2 Å². The first-order chi connectivity index (χ1) is 11.5. The number of rotatable bonds is 6. The maximum atomic E-state index is 12.2. The molecule has 0 unspecified atom stereocenters. The van der Waals surface area contributed by atoms with Crippen LogP contribution in [0.1, 0.15) is 24.0 Å². The van der Waals surface area contributed by atoms with Crippen molar-refractivity contribution in [3.63, 3.8) is 0 Å². The Bertz CT molecular complexity index is 802. The molecule has 1 saturated heterocycles. The predicted octanol–water partition coefficient (Wildman–Crippen LogP) is 2.29. The molecule has 0 atom stereocenters. The van der Waals surface area contributed by atoms with Gasteiger partial charge >= 0.3 is 0 Å². The molecule has 6 heteroatoms. The summed E-state index contributed by atoms with van der Waals surface area (Å²) in [7, 11) is -3.50. The van der Waals surface area contributed by atoms with E-state index >= 15 is 0 Å². The van der Waals surface area contributed by atoms with Gasteiger partial charge in [0.05, 0.1) is 4.90 Å². The minimum atomic E-state index is -3.50. The van der Waals surface area contributed by atoms with Crippen LogP contribution >= 0.6 is 0 Å². The molecule has 1 aliphatic heterocycles. The molecule has 1 amide bonds. The molecule has 3 rings (SSSR count). The van der Waals surface area contributed by atoms with Crippen molar-refractivity contribution in [2.24, 2.45) is 0 Å². The zero-order valence-corrected chi connectivity index (χ0v) is 14.1. The Morgan fingerprint density at radius 2 is 1.62 bits per heavy atom. The summed E-state index contributed by atoms with van der Waals surface area (Å²) < 4.78 is 27.0. The Balaban J connectivity index is 1.59. The highest BCUT2D eigenvalue weighted by molar-refractivity contribution is 7.89. The Morgan fingerprint density at radius 1 is 0.958 bits per heavy atom. The first-order valence-electron chi connectivity index (χ1n) is 7.95. The van der Waals surface area contributed by atoms with Crippen LogP contribution in [0, 0.1) is 0 Å². The smallest absolute Gasteiger partial charge is 0.240 e. The molecule has 0 radical (unpaired) electrons. The van der Waals surface area contributed by atoms with Crippen LogP contribution in [0.4, 0.5) is 0 Å². The number of hydrogen-bond acceptors (Lipinski definition) is 3. The fourth-order valence-electron chi connectivity index (χ4n) is 2.72. The second kappa shape index (κ2) is 7.15. The minimum Gasteiger partial charge on any atom is -0.338 e. The molecule has 5 nitrogen and oxygen atoms in total. The van der Waals surface area contributed by atoms with E-state index in [1.165, 1.54) is 0 Å². The molecule has 1 heterocycles. The van der Waals surface area contributed by atoms with Crippen molar-refractivity contribution in [1.82, 2.24) is 9.62 Å². The van der Waals surface area contributed by atoms with Crippen LogP contribution in [-0.4, -0.2) is 25.8 Å². The van der Waals surface area contributed by atoms with E-state index < -0.39 is 10.0 Å². The van der Waals surface area contributed by atoms with Gasteiger partial charge in [0.2, 0.25) is 15.9 Å². The topological polar surface area (TPSA) is 66.5 Å². The van der Waals surface area contributed by atoms with Crippen LogP contribution in [0.5, 0.6) is 0 Å². The van der Waals surface area contributed by atoms with Gasteiger partial charge < -0.3 is 4.90 Å². The van der Waals surface area contributed by atoms with Crippen LogP contribution in [0.3, 0.4) is 0 Å². The second-order valence-electron chi connectivity index (χ2n) is 5.87. The van der Waals surface area contributed by atoms with Gasteiger partial charge in [0.15, 0.2) is 0 Å². The molecule has 0 bridgehead atoms. The van der Waals surface area contributed by atoms with E-state index in [2.05, 4.69) is 4.72 Å². The molecule has 0 spiro atoms. The SMILES string of the molecule is O=C1CCCN1Cc1ccc(CNS(=O)(=O)c2ccccc2)cc1. The van der Waals surface area contributed by atoms with Gasteiger partial charge in [-0.25, -0.2) is 13.1 Å². The second-order valence-corrected chi connectivity index (χ2v) is 7.64. The summed E-state index contributed by atoms with van der Waals surface area (Å²) in [6.07, 6.45) is 1.57. The third kappa shape index (κ3) is 4.01. The molecular formula is C18H20N2O3S. The summed E-state index contributed by atoms with van der Waals surface area (Å²) in [6, 6.07) is 16.0. The molecular weight excluding hydrogens is 324 g/mol. The van der Waals surface area contributed by atoms with Gasteiger partial charge in [-0.05, 0) is 29.7 Å². The van der Waals surface area contributed by atoms with E-state index in [0.717, 1.165) is 24.1 Å². The fourth-order valence-corrected chi connectivity index (χ4v) is 3.75. The number of carbonyl (C=O) groups is 1. The van der Waals surface area contributed by atoms with Crippen molar-refractivity contribution < 1.29 is 13.2 Å². The highest BCUT2D eigenvalue weighted by atomic mass is 32.2. The van der Waals surface area contributed by atoms with Gasteiger partial charge in [0.1, 0.15) is 0 Å². The van der Waals surface area contributed by atoms with Crippen molar-refractivity contribution >= 4 is 15.9 Å². The first-order valence-corrected chi connectivity index (χ1v) is 9.43. The molecule has 0 aromatic heterocycles. The Kier molecular flexibility index (Phi) is 4.97. The van der Waals surface area contributed by atoms with Crippen LogP contribution in [0.15, 0.2) is 59.5 Å². The van der Waals surface area contributed by atoms with Gasteiger partial charge in [0, 0.05) is 26.1 Å². The lowest BCUT2D eigenvalue weighted by Crippen LogP contribution is -2.24. The zero-order chi connectivity index (χ0) is 17.0. The Hall–Kier alpha value is -2.18. The number of amides is 1. The lowest BCUT2D eigenvalue weighted by molar-refractivity contribution is -0.128. The van der Waals surface area contributed by atoms with Gasteiger partial charge in [-0.3, -0.25) is 4.79 Å². The summed E-state index contributed by atoms with van der Waals surface area (Å²) in [5.41, 5.74) is 1.94. The normalized spacial score (nSPS) is 15.0. The monoisotopic (exact) mass is 344 g/mol. The molecule has 1 aliphatic rings. The summed E-state index contributed by atoms with van der Waals surface area (Å²) in [6.45, 7) is 1.67. The number of hydrogen-bond donors (Lipinski definition) is 1. The lowest BCUT2D eigenvalue weighted by atomic mass is 10.1. The average molecular weight is 344 g/mol. The predicted molar refractivity (Wildman–Crippen MR) is 91.6 cm³/mol. The summed E-state index contributed by atoms with van der Waals surface area (Å²) in [5.74, 6) is 0.203. The van der Waals surface area contributed by atoms with Gasteiger partial charge in [-0.15, -0.1) is 0 Å². The van der Waals surface area contributed by atoms with Crippen molar-refractivity contribution in [3.05, 3.63) is 65.7 Å². The summed E-state index contributed by atoms with van der Waals surface area (Å²) in [4.78, 5) is 13.8. The molecule has 0 saturated carbocycles. The van der Waals surface area contributed by atoms with Crippen molar-refractivity contribution in [3.8, 4) is 0 Å². The molecule has 1 N–H and O–H groups in total. The molecule has 126 valence electrons. The Morgan fingerprint density at radius 3 is 2.25 bits per heavy atom. The van der Waals surface area contributed by atoms with E-state index in [-0.39, 0.29) is 17.3 Å². The van der Waals surface area contributed by atoms with Crippen molar-refractivity contribution in [2.45, 2.75) is 30.8 Å². The third-order valence-electron chi connectivity index (χ3n) is 4.09. The zero-order valence-electron chi connectivity index (χ0n) is 13.3. The van der Waals surface area contributed by atoms with Crippen LogP contribution in [0.2, 0.25) is 0 Å². The highest BCUT2D eigenvalue weighted by Gasteiger charge is 2.19. The van der Waals surface area contributed by atoms with E-state index in [1.54, 1.807) is 30.3 Å². The number of carbonyl (C=O) groups excluding carboxylic acids is 1. The van der Waals surface area contributed by atoms with Gasteiger partial charge in [-0.1, -0.05) is 42.5 Å². The summed E-state index contributed by atoms with van der Waals surface area (Å²) >= 11 is 0. The van der Waals surface area contributed by atoms with Crippen LogP contribution < -0.4 is 4.72 Å². The fraction of sp³-hybridized carbons (Fsp3) is 0.278. The molecule has 24 heavy (non-hydrogen) atoms. The molecule has 2 aromatic carbocycles. The minimum absolute atomic E-state index is 0.203. The van der Waals surface area contributed by atoms with Crippen molar-refractivity contribution in [2.75, 3.05) is 6.54 Å². The number of nitrogens with one attached hydrogen (secondary N) is 1. The maximum Gasteiger partial charge on any atom is 0.240 e. The highest BCUT2D eigenvalue weighted by Crippen LogP contribution is 2.15. The Labute approximate surface area is 142 Å². The first kappa shape index (κ1) is 16.7. The number of benzene rings is 2. The number of nitrogens with zero attached hydrogens (tertiary/aromatic N) is 1. The van der Waals surface area contributed by atoms with Crippen LogP contribution in [0.25, 0.3) is 0 Å². The molecule has 0 aliphatic carbocycles. The average Bonchev–Trinajstić information content (AvgIpc) is 3.00. The van der Waals surface area contributed by atoms with E-state index in [4.69, 9.17) is 0 Å². The van der Waals surface area contributed by atoms with Gasteiger partial charge in [0.25, 0.3) is 0 Å². The van der Waals surface area contributed by atoms with Crippen LogP contribution in [-0.2, 0) is 27.9 Å². The standard InChI is InChI=1S/C18H20N2O3S/c21-18-7-4-12-20(18)14-16-10-8-15(9-11-16)13-19-24(22,23)17-5-2-1-3-6-17/h1-3,5-6,8-11,19H,4,7,12-14H2. The maximum absolute atomic E-state index is 12.2. The quantitative estimate of drug-likeness (QED) is 0.874. The number of likely N-dealkylation sites (tertiary alicyclic amines) is 1. The largest absolute Gasteiger partial charge is 0.338 e. The lowest BCUT2D eigenvalue weighted by Gasteiger charge is -2.15. The summed E-state index contributed by atoms with van der Waals surface area (Å²) in [5, 5.41) is 0.